The van der Waals surface area contributed by atoms with Gasteiger partial charge >= 0.3 is 5.97 Å². The highest BCUT2D eigenvalue weighted by Crippen LogP contribution is 2.41. The zero-order valence-electron chi connectivity index (χ0n) is 14.2. The van der Waals surface area contributed by atoms with E-state index in [1.165, 1.54) is 0 Å². The van der Waals surface area contributed by atoms with E-state index in [1.807, 2.05) is 35.1 Å². The van der Waals surface area contributed by atoms with Crippen molar-refractivity contribution in [3.8, 4) is 0 Å². The monoisotopic (exact) mass is 400 g/mol. The van der Waals surface area contributed by atoms with Crippen molar-refractivity contribution < 1.29 is 14.6 Å². The van der Waals surface area contributed by atoms with Crippen LogP contribution in [0.15, 0.2) is 22.7 Å². The van der Waals surface area contributed by atoms with Crippen LogP contribution in [0.2, 0.25) is 25.7 Å². The number of hydrogen-bond donors (Lipinski definition) is 1. The van der Waals surface area contributed by atoms with E-state index >= 15 is 0 Å². The molecule has 0 spiro atoms. The topological polar surface area (TPSA) is 53.0 Å². The Balaban J connectivity index is 2.16. The molecule has 1 aromatic rings. The lowest BCUT2D eigenvalue weighted by Crippen LogP contribution is -2.43. The average Bonchev–Trinajstić information content (AvgIpc) is 2.75. The number of carbonyl (C=O) groups is 1. The summed E-state index contributed by atoms with van der Waals surface area (Å²) < 4.78 is 6.70. The van der Waals surface area contributed by atoms with E-state index in [9.17, 15) is 9.90 Å². The summed E-state index contributed by atoms with van der Waals surface area (Å²) in [5.74, 6) is -0.853. The van der Waals surface area contributed by atoms with Crippen LogP contribution < -0.4 is 5.01 Å². The third-order valence-electron chi connectivity index (χ3n) is 3.92. The third kappa shape index (κ3) is 4.35. The van der Waals surface area contributed by atoms with Crippen molar-refractivity contribution in [1.82, 2.24) is 5.01 Å². The first kappa shape index (κ1) is 18.4. The molecule has 0 amide bonds. The van der Waals surface area contributed by atoms with Gasteiger partial charge in [0.15, 0.2) is 6.04 Å². The van der Waals surface area contributed by atoms with Crippen molar-refractivity contribution in [2.45, 2.75) is 38.7 Å². The van der Waals surface area contributed by atoms with E-state index in [0.29, 0.717) is 19.9 Å². The number of hydrogen-bond acceptors (Lipinski definition) is 4. The summed E-state index contributed by atoms with van der Waals surface area (Å²) in [7, 11) is -1.15. The Labute approximate surface area is 147 Å². The van der Waals surface area contributed by atoms with Crippen LogP contribution in [0.3, 0.4) is 0 Å². The maximum Gasteiger partial charge on any atom is 0.327 e. The standard InChI is InChI=1S/C16H25BrN2O3Si/c1-5-18-14-7-6-12(17)10-13(14)15(16(20)21)19(18)11-22-8-9-23(2,3)4/h6-7,10,15H,5,8-9,11H2,1-4H3,(H,20,21). The number of hydrazine groups is 1. The average molecular weight is 401 g/mol. The second-order valence-electron chi connectivity index (χ2n) is 6.95. The number of nitrogens with zero attached hydrogens (tertiary/aromatic N) is 2. The van der Waals surface area contributed by atoms with Gasteiger partial charge in [0.05, 0.1) is 5.69 Å². The van der Waals surface area contributed by atoms with E-state index in [1.54, 1.807) is 0 Å². The van der Waals surface area contributed by atoms with Gasteiger partial charge in [-0.15, -0.1) is 0 Å². The van der Waals surface area contributed by atoms with E-state index in [2.05, 4.69) is 35.6 Å². The molecule has 7 heteroatoms. The lowest BCUT2D eigenvalue weighted by atomic mass is 10.1. The number of rotatable bonds is 7. The van der Waals surface area contributed by atoms with E-state index < -0.39 is 20.1 Å². The molecular weight excluding hydrogens is 376 g/mol. The van der Waals surface area contributed by atoms with Crippen molar-refractivity contribution in [2.75, 3.05) is 24.9 Å². The SMILES string of the molecule is CCN1c2ccc(Br)cc2C(C(=O)O)N1COCC[Si](C)(C)C. The number of carboxylic acids is 1. The molecular formula is C16H25BrN2O3Si. The summed E-state index contributed by atoms with van der Waals surface area (Å²) in [4.78, 5) is 11.8. The first-order valence-corrected chi connectivity index (χ1v) is 12.4. The maximum atomic E-state index is 11.8. The van der Waals surface area contributed by atoms with Crippen LogP contribution in [-0.4, -0.2) is 44.0 Å². The number of carboxylic acid groups (broad SMARTS) is 1. The molecule has 1 aliphatic heterocycles. The van der Waals surface area contributed by atoms with Crippen LogP contribution in [0.5, 0.6) is 0 Å². The Kier molecular flexibility index (Phi) is 5.88. The van der Waals surface area contributed by atoms with Crippen LogP contribution in [0.25, 0.3) is 0 Å². The molecule has 1 N–H and O–H groups in total. The zero-order chi connectivity index (χ0) is 17.2. The van der Waals surface area contributed by atoms with Crippen molar-refractivity contribution >= 4 is 35.7 Å². The minimum Gasteiger partial charge on any atom is -0.480 e. The molecule has 0 radical (unpaired) electrons. The minimum atomic E-state index is -1.15. The van der Waals surface area contributed by atoms with Gasteiger partial charge in [-0.05, 0) is 31.2 Å². The van der Waals surface area contributed by atoms with Gasteiger partial charge in [0.1, 0.15) is 6.73 Å². The highest BCUT2D eigenvalue weighted by atomic mass is 79.9. The lowest BCUT2D eigenvalue weighted by Gasteiger charge is -2.31. The normalized spacial score (nSPS) is 18.3. The molecule has 0 saturated carbocycles. The van der Waals surface area contributed by atoms with Crippen LogP contribution in [0, 0.1) is 0 Å². The summed E-state index contributed by atoms with van der Waals surface area (Å²) in [6.07, 6.45) is 0. The van der Waals surface area contributed by atoms with Gasteiger partial charge < -0.3 is 14.9 Å². The quantitative estimate of drug-likeness (QED) is 0.554. The Morgan fingerprint density at radius 2 is 2.09 bits per heavy atom. The van der Waals surface area contributed by atoms with Gasteiger partial charge in [-0.3, -0.25) is 4.79 Å². The molecule has 0 saturated heterocycles. The van der Waals surface area contributed by atoms with E-state index in [0.717, 1.165) is 21.8 Å². The Hall–Kier alpha value is -0.893. The fourth-order valence-electron chi connectivity index (χ4n) is 2.71. The van der Waals surface area contributed by atoms with Gasteiger partial charge in [0, 0.05) is 31.3 Å². The highest BCUT2D eigenvalue weighted by molar-refractivity contribution is 9.10. The summed E-state index contributed by atoms with van der Waals surface area (Å²) in [6, 6.07) is 6.16. The fourth-order valence-corrected chi connectivity index (χ4v) is 3.85. The Morgan fingerprint density at radius 1 is 1.39 bits per heavy atom. The first-order valence-electron chi connectivity index (χ1n) is 7.88. The van der Waals surface area contributed by atoms with Crippen LogP contribution in [0.1, 0.15) is 18.5 Å². The molecule has 0 aliphatic carbocycles. The molecule has 0 fully saturated rings. The molecule has 2 rings (SSSR count). The van der Waals surface area contributed by atoms with E-state index in [-0.39, 0.29) is 0 Å². The highest BCUT2D eigenvalue weighted by Gasteiger charge is 2.40. The zero-order valence-corrected chi connectivity index (χ0v) is 16.8. The maximum absolute atomic E-state index is 11.8. The van der Waals surface area contributed by atoms with Crippen molar-refractivity contribution in [2.24, 2.45) is 0 Å². The number of benzene rings is 1. The van der Waals surface area contributed by atoms with Crippen LogP contribution >= 0.6 is 15.9 Å². The summed E-state index contributed by atoms with van der Waals surface area (Å²) in [5, 5.41) is 13.5. The molecule has 1 aromatic carbocycles. The summed E-state index contributed by atoms with van der Waals surface area (Å²) >= 11 is 3.43. The van der Waals surface area contributed by atoms with Gasteiger partial charge in [-0.2, -0.15) is 5.01 Å². The molecule has 0 bridgehead atoms. The second-order valence-corrected chi connectivity index (χ2v) is 13.5. The number of fused-ring (bicyclic) bond motifs is 1. The summed E-state index contributed by atoms with van der Waals surface area (Å²) in [5.41, 5.74) is 1.75. The van der Waals surface area contributed by atoms with Gasteiger partial charge in [0.25, 0.3) is 0 Å². The molecule has 23 heavy (non-hydrogen) atoms. The summed E-state index contributed by atoms with van der Waals surface area (Å²) in [6.45, 7) is 10.6. The molecule has 128 valence electrons. The van der Waals surface area contributed by atoms with E-state index in [4.69, 9.17) is 4.74 Å². The number of halogens is 1. The molecule has 5 nitrogen and oxygen atoms in total. The molecule has 0 aromatic heterocycles. The predicted molar refractivity (Wildman–Crippen MR) is 98.3 cm³/mol. The second kappa shape index (κ2) is 7.34. The van der Waals surface area contributed by atoms with Gasteiger partial charge in [0.2, 0.25) is 0 Å². The Morgan fingerprint density at radius 3 is 2.65 bits per heavy atom. The molecule has 1 unspecified atom stereocenters. The van der Waals surface area contributed by atoms with Gasteiger partial charge in [-0.25, -0.2) is 0 Å². The number of ether oxygens (including phenoxy) is 1. The molecule has 1 aliphatic rings. The number of aliphatic carboxylic acids is 1. The smallest absolute Gasteiger partial charge is 0.327 e. The third-order valence-corrected chi connectivity index (χ3v) is 6.12. The van der Waals surface area contributed by atoms with Crippen molar-refractivity contribution in [3.63, 3.8) is 0 Å². The van der Waals surface area contributed by atoms with Crippen LogP contribution in [0.4, 0.5) is 5.69 Å². The Bertz CT molecular complexity index is 577. The van der Waals surface area contributed by atoms with Crippen molar-refractivity contribution in [3.05, 3.63) is 28.2 Å². The first-order chi connectivity index (χ1) is 10.7. The minimum absolute atomic E-state index is 0.293. The molecule has 1 heterocycles. The predicted octanol–water partition coefficient (Wildman–Crippen LogP) is 3.94. The van der Waals surface area contributed by atoms with Crippen molar-refractivity contribution in [1.29, 1.82) is 0 Å². The van der Waals surface area contributed by atoms with Gasteiger partial charge in [-0.1, -0.05) is 35.6 Å². The largest absolute Gasteiger partial charge is 0.480 e. The fraction of sp³-hybridized carbons (Fsp3) is 0.562. The molecule has 1 atom stereocenters. The number of anilines is 1. The van der Waals surface area contributed by atoms with Crippen LogP contribution in [-0.2, 0) is 9.53 Å². The lowest BCUT2D eigenvalue weighted by molar-refractivity contribution is -0.145.